The first-order valence-electron chi connectivity index (χ1n) is 8.00. The zero-order valence-corrected chi connectivity index (χ0v) is 13.5. The molecule has 1 atom stereocenters. The van der Waals surface area contributed by atoms with Gasteiger partial charge in [0.1, 0.15) is 0 Å². The maximum absolute atomic E-state index is 11.9. The molecule has 1 unspecified atom stereocenters. The van der Waals surface area contributed by atoms with Crippen molar-refractivity contribution in [2.75, 3.05) is 26.8 Å². The van der Waals surface area contributed by atoms with E-state index in [0.717, 1.165) is 25.1 Å². The first kappa shape index (κ1) is 16.6. The molecule has 0 radical (unpaired) electrons. The summed E-state index contributed by atoms with van der Waals surface area (Å²) >= 11 is 0. The van der Waals surface area contributed by atoms with Crippen molar-refractivity contribution < 1.29 is 14.3 Å². The fourth-order valence-corrected chi connectivity index (χ4v) is 2.68. The van der Waals surface area contributed by atoms with Gasteiger partial charge in [-0.1, -0.05) is 6.07 Å². The lowest BCUT2D eigenvalue weighted by Gasteiger charge is -2.12. The summed E-state index contributed by atoms with van der Waals surface area (Å²) in [4.78, 5) is 11.9. The third-order valence-electron chi connectivity index (χ3n) is 3.96. The van der Waals surface area contributed by atoms with Crippen LogP contribution < -0.4 is 20.1 Å². The quantitative estimate of drug-likeness (QED) is 0.772. The average Bonchev–Trinajstić information content (AvgIpc) is 3.05. The van der Waals surface area contributed by atoms with Crippen LogP contribution in [0.15, 0.2) is 18.2 Å². The zero-order valence-electron chi connectivity index (χ0n) is 13.5. The van der Waals surface area contributed by atoms with Crippen LogP contribution in [0.3, 0.4) is 0 Å². The second kappa shape index (κ2) is 8.63. The SMILES string of the molecule is CCOc1cc(CNC(=O)CCC2CCNC2)ccc1OC. The van der Waals surface area contributed by atoms with E-state index >= 15 is 0 Å². The van der Waals surface area contributed by atoms with Crippen molar-refractivity contribution >= 4 is 5.91 Å². The lowest BCUT2D eigenvalue weighted by atomic mass is 10.0. The summed E-state index contributed by atoms with van der Waals surface area (Å²) in [5, 5.41) is 6.30. The Labute approximate surface area is 132 Å². The van der Waals surface area contributed by atoms with Gasteiger partial charge in [-0.3, -0.25) is 4.79 Å². The van der Waals surface area contributed by atoms with E-state index in [9.17, 15) is 4.79 Å². The summed E-state index contributed by atoms with van der Waals surface area (Å²) in [5.74, 6) is 2.19. The van der Waals surface area contributed by atoms with Crippen molar-refractivity contribution in [2.24, 2.45) is 5.92 Å². The van der Waals surface area contributed by atoms with Crippen LogP contribution in [0.25, 0.3) is 0 Å². The van der Waals surface area contributed by atoms with Crippen molar-refractivity contribution in [1.82, 2.24) is 10.6 Å². The molecule has 1 aromatic rings. The fraction of sp³-hybridized carbons (Fsp3) is 0.588. The predicted molar refractivity (Wildman–Crippen MR) is 86.2 cm³/mol. The Kier molecular flexibility index (Phi) is 6.52. The van der Waals surface area contributed by atoms with Gasteiger partial charge in [0.05, 0.1) is 13.7 Å². The summed E-state index contributed by atoms with van der Waals surface area (Å²) in [6.45, 7) is 5.17. The van der Waals surface area contributed by atoms with Crippen LogP contribution in [0, 0.1) is 5.92 Å². The highest BCUT2D eigenvalue weighted by Gasteiger charge is 2.15. The summed E-state index contributed by atoms with van der Waals surface area (Å²) in [5.41, 5.74) is 1.01. The number of nitrogens with one attached hydrogen (secondary N) is 2. The first-order chi connectivity index (χ1) is 10.7. The van der Waals surface area contributed by atoms with Gasteiger partial charge < -0.3 is 20.1 Å². The number of carbonyl (C=O) groups excluding carboxylic acids is 1. The van der Waals surface area contributed by atoms with E-state index in [2.05, 4.69) is 10.6 Å². The normalized spacial score (nSPS) is 17.3. The van der Waals surface area contributed by atoms with E-state index < -0.39 is 0 Å². The van der Waals surface area contributed by atoms with E-state index in [1.165, 1.54) is 6.42 Å². The second-order valence-corrected chi connectivity index (χ2v) is 5.59. The van der Waals surface area contributed by atoms with E-state index in [-0.39, 0.29) is 5.91 Å². The second-order valence-electron chi connectivity index (χ2n) is 5.59. The number of methoxy groups -OCH3 is 1. The van der Waals surface area contributed by atoms with Gasteiger partial charge in [0.25, 0.3) is 0 Å². The number of ether oxygens (including phenoxy) is 2. The molecule has 1 aliphatic rings. The summed E-state index contributed by atoms with van der Waals surface area (Å²) < 4.78 is 10.8. The third kappa shape index (κ3) is 4.91. The minimum atomic E-state index is 0.112. The van der Waals surface area contributed by atoms with Crippen molar-refractivity contribution in [1.29, 1.82) is 0 Å². The molecule has 1 aromatic carbocycles. The highest BCUT2D eigenvalue weighted by molar-refractivity contribution is 5.75. The molecule has 1 amide bonds. The van der Waals surface area contributed by atoms with Crippen LogP contribution >= 0.6 is 0 Å². The Morgan fingerprint density at radius 1 is 1.41 bits per heavy atom. The smallest absolute Gasteiger partial charge is 0.220 e. The molecule has 0 aromatic heterocycles. The van der Waals surface area contributed by atoms with Gasteiger partial charge in [-0.15, -0.1) is 0 Å². The zero-order chi connectivity index (χ0) is 15.8. The van der Waals surface area contributed by atoms with Gasteiger partial charge in [0.2, 0.25) is 5.91 Å². The van der Waals surface area contributed by atoms with Gasteiger partial charge in [0.15, 0.2) is 11.5 Å². The lowest BCUT2D eigenvalue weighted by Crippen LogP contribution is -2.23. The molecule has 1 heterocycles. The molecule has 2 N–H and O–H groups in total. The monoisotopic (exact) mass is 306 g/mol. The molecule has 0 saturated carbocycles. The number of carbonyl (C=O) groups is 1. The van der Waals surface area contributed by atoms with Crippen LogP contribution in [0.4, 0.5) is 0 Å². The van der Waals surface area contributed by atoms with E-state index in [0.29, 0.717) is 37.0 Å². The highest BCUT2D eigenvalue weighted by atomic mass is 16.5. The van der Waals surface area contributed by atoms with Crippen LogP contribution in [0.1, 0.15) is 31.7 Å². The number of hydrogen-bond acceptors (Lipinski definition) is 4. The van der Waals surface area contributed by atoms with Gasteiger partial charge in [0, 0.05) is 13.0 Å². The van der Waals surface area contributed by atoms with Crippen LogP contribution in [0.2, 0.25) is 0 Å². The van der Waals surface area contributed by atoms with Crippen LogP contribution in [-0.2, 0) is 11.3 Å². The number of amides is 1. The van der Waals surface area contributed by atoms with E-state index in [1.807, 2.05) is 25.1 Å². The summed E-state index contributed by atoms with van der Waals surface area (Å²) in [6.07, 6.45) is 2.75. The fourth-order valence-electron chi connectivity index (χ4n) is 2.68. The molecule has 0 aliphatic carbocycles. The molecule has 22 heavy (non-hydrogen) atoms. The Hall–Kier alpha value is -1.75. The van der Waals surface area contributed by atoms with E-state index in [1.54, 1.807) is 7.11 Å². The largest absolute Gasteiger partial charge is 0.493 e. The molecule has 1 aliphatic heterocycles. The van der Waals surface area contributed by atoms with Crippen molar-refractivity contribution in [3.63, 3.8) is 0 Å². The molecular weight excluding hydrogens is 280 g/mol. The van der Waals surface area contributed by atoms with Gasteiger partial charge in [-0.05, 0) is 56.5 Å². The number of hydrogen-bond donors (Lipinski definition) is 2. The average molecular weight is 306 g/mol. The molecule has 0 bridgehead atoms. The first-order valence-corrected chi connectivity index (χ1v) is 8.00. The molecule has 0 spiro atoms. The third-order valence-corrected chi connectivity index (χ3v) is 3.96. The molecule has 5 heteroatoms. The maximum atomic E-state index is 11.9. The minimum absolute atomic E-state index is 0.112. The Bertz CT molecular complexity index is 485. The predicted octanol–water partition coefficient (Wildman–Crippen LogP) is 2.10. The van der Waals surface area contributed by atoms with Gasteiger partial charge in [-0.25, -0.2) is 0 Å². The Morgan fingerprint density at radius 3 is 2.95 bits per heavy atom. The Morgan fingerprint density at radius 2 is 2.27 bits per heavy atom. The molecule has 1 fully saturated rings. The van der Waals surface area contributed by atoms with Crippen molar-refractivity contribution in [2.45, 2.75) is 32.7 Å². The minimum Gasteiger partial charge on any atom is -0.493 e. The van der Waals surface area contributed by atoms with Crippen molar-refractivity contribution in [3.05, 3.63) is 23.8 Å². The number of rotatable bonds is 8. The standard InChI is InChI=1S/C17H26N2O3/c1-3-22-16-10-14(4-6-15(16)21-2)12-19-17(20)7-5-13-8-9-18-11-13/h4,6,10,13,18H,3,5,7-9,11-12H2,1-2H3,(H,19,20). The molecule has 2 rings (SSSR count). The summed E-state index contributed by atoms with van der Waals surface area (Å²) in [6, 6.07) is 5.74. The van der Waals surface area contributed by atoms with Gasteiger partial charge >= 0.3 is 0 Å². The topological polar surface area (TPSA) is 59.6 Å². The lowest BCUT2D eigenvalue weighted by molar-refractivity contribution is -0.121. The summed E-state index contributed by atoms with van der Waals surface area (Å²) in [7, 11) is 1.62. The van der Waals surface area contributed by atoms with E-state index in [4.69, 9.17) is 9.47 Å². The van der Waals surface area contributed by atoms with Crippen molar-refractivity contribution in [3.8, 4) is 11.5 Å². The molecular formula is C17H26N2O3. The van der Waals surface area contributed by atoms with Gasteiger partial charge in [-0.2, -0.15) is 0 Å². The molecule has 1 saturated heterocycles. The Balaban J connectivity index is 1.79. The molecule has 5 nitrogen and oxygen atoms in total. The highest BCUT2D eigenvalue weighted by Crippen LogP contribution is 2.28. The number of benzene rings is 1. The molecule has 122 valence electrons. The van der Waals surface area contributed by atoms with Crippen LogP contribution in [-0.4, -0.2) is 32.7 Å². The van der Waals surface area contributed by atoms with Crippen LogP contribution in [0.5, 0.6) is 11.5 Å². The maximum Gasteiger partial charge on any atom is 0.220 e.